The molecule has 0 amide bonds. The fourth-order valence-corrected chi connectivity index (χ4v) is 2.48. The quantitative estimate of drug-likeness (QED) is 0.617. The second-order valence-electron chi connectivity index (χ2n) is 4.44. The molecule has 0 saturated heterocycles. The van der Waals surface area contributed by atoms with Gasteiger partial charge < -0.3 is 0 Å². The Bertz CT molecular complexity index is 286. The average Bonchev–Trinajstić information content (AvgIpc) is 2.31. The number of hydrogen-bond donors (Lipinski definition) is 0. The number of fused-ring (bicyclic) bond motifs is 1. The Morgan fingerprint density at radius 3 is 2.47 bits per heavy atom. The lowest BCUT2D eigenvalue weighted by Crippen LogP contribution is -2.14. The molecule has 0 heteroatoms. The van der Waals surface area contributed by atoms with Gasteiger partial charge in [-0.25, -0.2) is 0 Å². The molecule has 0 unspecified atom stereocenters. The van der Waals surface area contributed by atoms with Crippen molar-refractivity contribution in [1.82, 2.24) is 0 Å². The zero-order valence-corrected chi connectivity index (χ0v) is 10.6. The molecular weight excluding hydrogens is 180 g/mol. The summed E-state index contributed by atoms with van der Waals surface area (Å²) in [6, 6.07) is 8.96. The Morgan fingerprint density at radius 2 is 1.80 bits per heavy atom. The lowest BCUT2D eigenvalue weighted by molar-refractivity contribution is 0.433. The fraction of sp³-hybridized carbons (Fsp3) is 0.600. The van der Waals surface area contributed by atoms with Gasteiger partial charge in [0.1, 0.15) is 0 Å². The zero-order valence-electron chi connectivity index (χ0n) is 10.6. The highest BCUT2D eigenvalue weighted by atomic mass is 14.3. The molecule has 84 valence electrons. The van der Waals surface area contributed by atoms with E-state index in [4.69, 9.17) is 0 Å². The topological polar surface area (TPSA) is 0 Å². The lowest BCUT2D eigenvalue weighted by Gasteiger charge is -2.28. The summed E-state index contributed by atoms with van der Waals surface area (Å²) in [6.07, 6.45) is 4.05. The summed E-state index contributed by atoms with van der Waals surface area (Å²) in [6.45, 7) is 8.68. The normalized spacial score (nSPS) is 19.1. The standard InChI is InChI=1S/C13H18.C2H6/c1-10(2)12-9-5-7-11-6-3-4-8-13(11)12;1-2/h3-4,6,8,10,12H,5,7,9H2,1-2H3;1-2H3/t12-;/m0./s1. The van der Waals surface area contributed by atoms with Gasteiger partial charge in [-0.15, -0.1) is 0 Å². The predicted octanol–water partition coefficient (Wildman–Crippen LogP) is 4.79. The maximum atomic E-state index is 2.34. The molecule has 0 fully saturated rings. The van der Waals surface area contributed by atoms with Gasteiger partial charge in [0.2, 0.25) is 0 Å². The van der Waals surface area contributed by atoms with E-state index in [0.717, 1.165) is 11.8 Å². The number of hydrogen-bond acceptors (Lipinski definition) is 0. The van der Waals surface area contributed by atoms with Crippen LogP contribution in [0.25, 0.3) is 0 Å². The highest BCUT2D eigenvalue weighted by Gasteiger charge is 2.21. The van der Waals surface area contributed by atoms with E-state index >= 15 is 0 Å². The molecule has 0 spiro atoms. The third-order valence-corrected chi connectivity index (χ3v) is 3.22. The molecule has 0 nitrogen and oxygen atoms in total. The van der Waals surface area contributed by atoms with Crippen LogP contribution in [-0.4, -0.2) is 0 Å². The van der Waals surface area contributed by atoms with Crippen molar-refractivity contribution in [2.24, 2.45) is 5.92 Å². The summed E-state index contributed by atoms with van der Waals surface area (Å²) in [4.78, 5) is 0. The van der Waals surface area contributed by atoms with E-state index in [-0.39, 0.29) is 0 Å². The van der Waals surface area contributed by atoms with Crippen LogP contribution in [0.3, 0.4) is 0 Å². The molecule has 0 bridgehead atoms. The van der Waals surface area contributed by atoms with Crippen LogP contribution < -0.4 is 0 Å². The largest absolute Gasteiger partial charge is 0.0683 e. The first-order valence-corrected chi connectivity index (χ1v) is 6.37. The van der Waals surface area contributed by atoms with Crippen molar-refractivity contribution in [2.45, 2.75) is 52.9 Å². The number of aryl methyl sites for hydroxylation is 1. The van der Waals surface area contributed by atoms with Crippen LogP contribution in [-0.2, 0) is 6.42 Å². The summed E-state index contributed by atoms with van der Waals surface area (Å²) in [7, 11) is 0. The monoisotopic (exact) mass is 204 g/mol. The van der Waals surface area contributed by atoms with Gasteiger partial charge in [0.25, 0.3) is 0 Å². The Labute approximate surface area is 94.7 Å². The van der Waals surface area contributed by atoms with Crippen molar-refractivity contribution in [1.29, 1.82) is 0 Å². The smallest absolute Gasteiger partial charge is 0.0136 e. The molecule has 0 N–H and O–H groups in total. The van der Waals surface area contributed by atoms with Crippen molar-refractivity contribution in [2.75, 3.05) is 0 Å². The molecule has 2 rings (SSSR count). The van der Waals surface area contributed by atoms with E-state index in [1.807, 2.05) is 13.8 Å². The third-order valence-electron chi connectivity index (χ3n) is 3.22. The van der Waals surface area contributed by atoms with Crippen molar-refractivity contribution in [3.8, 4) is 0 Å². The Hall–Kier alpha value is -0.780. The SMILES string of the molecule is CC.CC(C)[C@@H]1CCCc2ccccc21. The predicted molar refractivity (Wildman–Crippen MR) is 68.3 cm³/mol. The third kappa shape index (κ3) is 2.84. The highest BCUT2D eigenvalue weighted by molar-refractivity contribution is 5.32. The van der Waals surface area contributed by atoms with Crippen LogP contribution in [0.2, 0.25) is 0 Å². The summed E-state index contributed by atoms with van der Waals surface area (Å²) >= 11 is 0. The van der Waals surface area contributed by atoms with Gasteiger partial charge in [-0.2, -0.15) is 0 Å². The molecule has 0 aliphatic heterocycles. The average molecular weight is 204 g/mol. The number of rotatable bonds is 1. The van der Waals surface area contributed by atoms with Gasteiger partial charge in [0.05, 0.1) is 0 Å². The van der Waals surface area contributed by atoms with E-state index in [1.54, 1.807) is 11.1 Å². The molecule has 1 aromatic carbocycles. The van der Waals surface area contributed by atoms with Crippen molar-refractivity contribution in [3.05, 3.63) is 35.4 Å². The van der Waals surface area contributed by atoms with Crippen LogP contribution in [0.4, 0.5) is 0 Å². The Kier molecular flexibility index (Phi) is 4.87. The number of benzene rings is 1. The molecular formula is C15H24. The second kappa shape index (κ2) is 5.95. The molecule has 1 atom stereocenters. The van der Waals surface area contributed by atoms with Crippen LogP contribution in [0, 0.1) is 5.92 Å². The van der Waals surface area contributed by atoms with Gasteiger partial charge in [-0.05, 0) is 42.2 Å². The first kappa shape index (κ1) is 12.3. The van der Waals surface area contributed by atoms with Crippen LogP contribution in [0.1, 0.15) is 57.6 Å². The molecule has 15 heavy (non-hydrogen) atoms. The zero-order chi connectivity index (χ0) is 11.3. The molecule has 1 aliphatic rings. The summed E-state index contributed by atoms with van der Waals surface area (Å²) in [5.74, 6) is 1.60. The maximum absolute atomic E-state index is 2.34. The second-order valence-corrected chi connectivity index (χ2v) is 4.44. The minimum Gasteiger partial charge on any atom is -0.0683 e. The van der Waals surface area contributed by atoms with E-state index in [0.29, 0.717) is 0 Å². The van der Waals surface area contributed by atoms with Gasteiger partial charge >= 0.3 is 0 Å². The van der Waals surface area contributed by atoms with Crippen LogP contribution >= 0.6 is 0 Å². The highest BCUT2D eigenvalue weighted by Crippen LogP contribution is 2.36. The summed E-state index contributed by atoms with van der Waals surface area (Å²) in [5.41, 5.74) is 3.20. The summed E-state index contributed by atoms with van der Waals surface area (Å²) in [5, 5.41) is 0. The molecule has 0 aromatic heterocycles. The Balaban J connectivity index is 0.000000531. The van der Waals surface area contributed by atoms with E-state index in [9.17, 15) is 0 Å². The molecule has 1 aliphatic carbocycles. The van der Waals surface area contributed by atoms with E-state index < -0.39 is 0 Å². The lowest BCUT2D eigenvalue weighted by atomic mass is 9.77. The molecule has 0 heterocycles. The van der Waals surface area contributed by atoms with Crippen molar-refractivity contribution < 1.29 is 0 Å². The van der Waals surface area contributed by atoms with Gasteiger partial charge in [-0.1, -0.05) is 52.0 Å². The first-order chi connectivity index (χ1) is 7.29. The summed E-state index contributed by atoms with van der Waals surface area (Å²) < 4.78 is 0. The van der Waals surface area contributed by atoms with Crippen LogP contribution in [0.5, 0.6) is 0 Å². The van der Waals surface area contributed by atoms with Crippen molar-refractivity contribution >= 4 is 0 Å². The van der Waals surface area contributed by atoms with E-state index in [2.05, 4.69) is 38.1 Å². The van der Waals surface area contributed by atoms with Crippen LogP contribution in [0.15, 0.2) is 24.3 Å². The minimum absolute atomic E-state index is 0.793. The van der Waals surface area contributed by atoms with E-state index in [1.165, 1.54) is 19.3 Å². The molecule has 0 saturated carbocycles. The minimum atomic E-state index is 0.793. The first-order valence-electron chi connectivity index (χ1n) is 6.37. The fourth-order valence-electron chi connectivity index (χ4n) is 2.48. The molecule has 1 aromatic rings. The van der Waals surface area contributed by atoms with Crippen molar-refractivity contribution in [3.63, 3.8) is 0 Å². The molecule has 0 radical (unpaired) electrons. The Morgan fingerprint density at radius 1 is 1.13 bits per heavy atom. The van der Waals surface area contributed by atoms with Gasteiger partial charge in [-0.3, -0.25) is 0 Å². The maximum Gasteiger partial charge on any atom is -0.0136 e. The van der Waals surface area contributed by atoms with Gasteiger partial charge in [0, 0.05) is 0 Å². The van der Waals surface area contributed by atoms with Gasteiger partial charge in [0.15, 0.2) is 0 Å².